The van der Waals surface area contributed by atoms with Crippen LogP contribution in [0.2, 0.25) is 0 Å². The van der Waals surface area contributed by atoms with E-state index >= 15 is 0 Å². The monoisotopic (exact) mass is 194 g/mol. The molecule has 1 N–H and O–H groups in total. The summed E-state index contributed by atoms with van der Waals surface area (Å²) in [6.45, 7) is 4.41. The fourth-order valence-electron chi connectivity index (χ4n) is 1.57. The van der Waals surface area contributed by atoms with Gasteiger partial charge in [-0.05, 0) is 23.6 Å². The average Bonchev–Trinajstić information content (AvgIpc) is 2.19. The predicted octanol–water partition coefficient (Wildman–Crippen LogP) is 2.43. The summed E-state index contributed by atoms with van der Waals surface area (Å²) in [6, 6.07) is 7.89. The van der Waals surface area contributed by atoms with Crippen LogP contribution in [0.1, 0.15) is 25.3 Å². The molecular formula is C12H18O2. The number of ether oxygens (including phenoxy) is 1. The first-order chi connectivity index (χ1) is 6.69. The van der Waals surface area contributed by atoms with Gasteiger partial charge >= 0.3 is 0 Å². The Balaban J connectivity index is 2.92. The Kier molecular flexibility index (Phi) is 3.96. The molecule has 2 nitrogen and oxygen atoms in total. The lowest BCUT2D eigenvalue weighted by atomic mass is 9.89. The summed E-state index contributed by atoms with van der Waals surface area (Å²) < 4.78 is 5.15. The second-order valence-corrected chi connectivity index (χ2v) is 3.81. The van der Waals surface area contributed by atoms with Gasteiger partial charge in [-0.15, -0.1) is 0 Å². The third kappa shape index (κ3) is 2.48. The van der Waals surface area contributed by atoms with E-state index in [-0.39, 0.29) is 12.5 Å². The summed E-state index contributed by atoms with van der Waals surface area (Å²) in [5, 5.41) is 9.27. The molecule has 14 heavy (non-hydrogen) atoms. The molecule has 0 aliphatic rings. The molecular weight excluding hydrogens is 176 g/mol. The first kappa shape index (κ1) is 11.1. The van der Waals surface area contributed by atoms with Crippen LogP contribution in [0.4, 0.5) is 0 Å². The molecule has 1 aromatic rings. The Morgan fingerprint density at radius 2 is 2.07 bits per heavy atom. The summed E-state index contributed by atoms with van der Waals surface area (Å²) >= 11 is 0. The summed E-state index contributed by atoms with van der Waals surface area (Å²) in [5.74, 6) is 1.49. The molecule has 0 fully saturated rings. The molecule has 0 heterocycles. The van der Waals surface area contributed by atoms with Gasteiger partial charge in [-0.3, -0.25) is 0 Å². The molecule has 0 aliphatic carbocycles. The second-order valence-electron chi connectivity index (χ2n) is 3.81. The zero-order chi connectivity index (χ0) is 10.6. The molecule has 0 aliphatic heterocycles. The van der Waals surface area contributed by atoms with Crippen LogP contribution < -0.4 is 4.74 Å². The van der Waals surface area contributed by atoms with Crippen LogP contribution in [0.25, 0.3) is 0 Å². The number of methoxy groups -OCH3 is 1. The van der Waals surface area contributed by atoms with Crippen molar-refractivity contribution in [2.75, 3.05) is 13.7 Å². The van der Waals surface area contributed by atoms with Crippen LogP contribution in [0.3, 0.4) is 0 Å². The average molecular weight is 194 g/mol. The van der Waals surface area contributed by atoms with Gasteiger partial charge in [-0.1, -0.05) is 26.0 Å². The minimum Gasteiger partial charge on any atom is -0.497 e. The van der Waals surface area contributed by atoms with Crippen molar-refractivity contribution in [1.82, 2.24) is 0 Å². The summed E-state index contributed by atoms with van der Waals surface area (Å²) in [5.41, 5.74) is 1.14. The molecule has 0 amide bonds. The predicted molar refractivity (Wildman–Crippen MR) is 57.7 cm³/mol. The zero-order valence-corrected chi connectivity index (χ0v) is 9.03. The van der Waals surface area contributed by atoms with E-state index in [0.29, 0.717) is 5.92 Å². The van der Waals surface area contributed by atoms with Gasteiger partial charge in [0.2, 0.25) is 0 Å². The summed E-state index contributed by atoms with van der Waals surface area (Å²) in [6.07, 6.45) is 0. The maximum Gasteiger partial charge on any atom is 0.119 e. The van der Waals surface area contributed by atoms with E-state index in [2.05, 4.69) is 13.8 Å². The number of hydrogen-bond donors (Lipinski definition) is 1. The molecule has 0 aromatic heterocycles. The summed E-state index contributed by atoms with van der Waals surface area (Å²) in [7, 11) is 1.66. The summed E-state index contributed by atoms with van der Waals surface area (Å²) in [4.78, 5) is 0. The quantitative estimate of drug-likeness (QED) is 0.797. The van der Waals surface area contributed by atoms with E-state index in [1.165, 1.54) is 0 Å². The van der Waals surface area contributed by atoms with Crippen molar-refractivity contribution in [2.45, 2.75) is 19.8 Å². The van der Waals surface area contributed by atoms with Gasteiger partial charge in [0.15, 0.2) is 0 Å². The fourth-order valence-corrected chi connectivity index (χ4v) is 1.57. The smallest absolute Gasteiger partial charge is 0.119 e. The van der Waals surface area contributed by atoms with Gasteiger partial charge in [0, 0.05) is 5.92 Å². The van der Waals surface area contributed by atoms with Crippen LogP contribution in [0.15, 0.2) is 24.3 Å². The molecule has 0 saturated carbocycles. The minimum atomic E-state index is 0.185. The van der Waals surface area contributed by atoms with Gasteiger partial charge in [0.05, 0.1) is 13.7 Å². The Morgan fingerprint density at radius 1 is 1.36 bits per heavy atom. The fraction of sp³-hybridized carbons (Fsp3) is 0.500. The van der Waals surface area contributed by atoms with E-state index in [9.17, 15) is 5.11 Å². The van der Waals surface area contributed by atoms with Gasteiger partial charge in [0.1, 0.15) is 5.75 Å². The number of aliphatic hydroxyl groups excluding tert-OH is 1. The molecule has 1 atom stereocenters. The third-order valence-electron chi connectivity index (χ3n) is 2.52. The van der Waals surface area contributed by atoms with Crippen LogP contribution in [-0.4, -0.2) is 18.8 Å². The van der Waals surface area contributed by atoms with E-state index in [0.717, 1.165) is 11.3 Å². The molecule has 1 unspecified atom stereocenters. The lowest BCUT2D eigenvalue weighted by molar-refractivity contribution is 0.237. The highest BCUT2D eigenvalue weighted by molar-refractivity contribution is 5.31. The first-order valence-electron chi connectivity index (χ1n) is 4.93. The van der Waals surface area contributed by atoms with Crippen LogP contribution in [0.5, 0.6) is 5.75 Å². The minimum absolute atomic E-state index is 0.185. The van der Waals surface area contributed by atoms with Gasteiger partial charge in [-0.25, -0.2) is 0 Å². The Morgan fingerprint density at radius 3 is 2.57 bits per heavy atom. The number of benzene rings is 1. The molecule has 0 spiro atoms. The van der Waals surface area contributed by atoms with E-state index in [1.807, 2.05) is 24.3 Å². The van der Waals surface area contributed by atoms with Crippen LogP contribution in [-0.2, 0) is 0 Å². The molecule has 1 rings (SSSR count). The molecule has 0 saturated heterocycles. The van der Waals surface area contributed by atoms with Crippen molar-refractivity contribution in [3.63, 3.8) is 0 Å². The Hall–Kier alpha value is -1.02. The van der Waals surface area contributed by atoms with Gasteiger partial charge in [0.25, 0.3) is 0 Å². The van der Waals surface area contributed by atoms with Crippen LogP contribution in [0, 0.1) is 5.92 Å². The van der Waals surface area contributed by atoms with Crippen LogP contribution >= 0.6 is 0 Å². The maximum absolute atomic E-state index is 9.27. The van der Waals surface area contributed by atoms with E-state index < -0.39 is 0 Å². The maximum atomic E-state index is 9.27. The molecule has 2 heteroatoms. The normalized spacial score (nSPS) is 12.9. The molecule has 0 bridgehead atoms. The Bertz CT molecular complexity index is 281. The molecule has 78 valence electrons. The van der Waals surface area contributed by atoms with Crippen molar-refractivity contribution < 1.29 is 9.84 Å². The number of rotatable bonds is 4. The van der Waals surface area contributed by atoms with Gasteiger partial charge < -0.3 is 9.84 Å². The SMILES string of the molecule is COc1cccc(C(CO)C(C)C)c1. The van der Waals surface area contributed by atoms with Crippen molar-refractivity contribution in [3.05, 3.63) is 29.8 Å². The lowest BCUT2D eigenvalue weighted by Gasteiger charge is -2.19. The first-order valence-corrected chi connectivity index (χ1v) is 4.93. The van der Waals surface area contributed by atoms with Crippen molar-refractivity contribution in [1.29, 1.82) is 0 Å². The van der Waals surface area contributed by atoms with Crippen molar-refractivity contribution in [2.24, 2.45) is 5.92 Å². The molecule has 0 radical (unpaired) electrons. The lowest BCUT2D eigenvalue weighted by Crippen LogP contribution is -2.11. The number of aliphatic hydroxyl groups is 1. The van der Waals surface area contributed by atoms with Crippen molar-refractivity contribution >= 4 is 0 Å². The Labute approximate surface area is 85.5 Å². The third-order valence-corrected chi connectivity index (χ3v) is 2.52. The van der Waals surface area contributed by atoms with Crippen molar-refractivity contribution in [3.8, 4) is 5.75 Å². The molecule has 1 aromatic carbocycles. The van der Waals surface area contributed by atoms with E-state index in [4.69, 9.17) is 4.74 Å². The second kappa shape index (κ2) is 5.01. The van der Waals surface area contributed by atoms with Gasteiger partial charge in [-0.2, -0.15) is 0 Å². The highest BCUT2D eigenvalue weighted by atomic mass is 16.5. The highest BCUT2D eigenvalue weighted by Gasteiger charge is 2.14. The number of hydrogen-bond acceptors (Lipinski definition) is 2. The zero-order valence-electron chi connectivity index (χ0n) is 9.03. The highest BCUT2D eigenvalue weighted by Crippen LogP contribution is 2.26. The largest absolute Gasteiger partial charge is 0.497 e. The van der Waals surface area contributed by atoms with E-state index in [1.54, 1.807) is 7.11 Å². The standard InChI is InChI=1S/C12H18O2/c1-9(2)12(8-13)10-5-4-6-11(7-10)14-3/h4-7,9,12-13H,8H2,1-3H3. The topological polar surface area (TPSA) is 29.5 Å².